The van der Waals surface area contributed by atoms with Crippen LogP contribution in [0.25, 0.3) is 0 Å². The maximum Gasteiger partial charge on any atom is 0.417 e. The van der Waals surface area contributed by atoms with Crippen molar-refractivity contribution < 1.29 is 18.0 Å². The van der Waals surface area contributed by atoms with Gasteiger partial charge < -0.3 is 16.0 Å². The van der Waals surface area contributed by atoms with Crippen molar-refractivity contribution in [3.8, 4) is 0 Å². The van der Waals surface area contributed by atoms with Crippen molar-refractivity contribution in [2.45, 2.75) is 6.18 Å². The molecule has 1 amide bonds. The first-order chi connectivity index (χ1) is 13.7. The van der Waals surface area contributed by atoms with E-state index in [4.69, 9.17) is 23.8 Å². The Balaban J connectivity index is 1.60. The molecular formula is C17H11ClF3N5OS2. The van der Waals surface area contributed by atoms with Gasteiger partial charge in [0.15, 0.2) is 10.8 Å². The predicted molar refractivity (Wildman–Crippen MR) is 111 cm³/mol. The lowest BCUT2D eigenvalue weighted by atomic mass is 10.2. The molecule has 1 heterocycles. The Morgan fingerprint density at radius 3 is 2.17 bits per heavy atom. The first-order valence-corrected chi connectivity index (χ1v) is 9.48. The molecule has 0 saturated carbocycles. The number of thiocarbonyl (C=S) groups is 1. The van der Waals surface area contributed by atoms with Gasteiger partial charge in [-0.25, -0.2) is 0 Å². The Morgan fingerprint density at radius 1 is 1.00 bits per heavy atom. The zero-order valence-electron chi connectivity index (χ0n) is 14.2. The lowest BCUT2D eigenvalue weighted by Crippen LogP contribution is -2.19. The van der Waals surface area contributed by atoms with Crippen LogP contribution in [0.3, 0.4) is 0 Å². The second-order valence-corrected chi connectivity index (χ2v) is 7.02. The highest BCUT2D eigenvalue weighted by molar-refractivity contribution is 7.80. The third-order valence-corrected chi connectivity index (χ3v) is 4.56. The van der Waals surface area contributed by atoms with E-state index in [2.05, 4.69) is 25.5 Å². The summed E-state index contributed by atoms with van der Waals surface area (Å²) in [6.07, 6.45) is -4.57. The van der Waals surface area contributed by atoms with Crippen molar-refractivity contribution in [2.75, 3.05) is 16.0 Å². The maximum atomic E-state index is 12.9. The summed E-state index contributed by atoms with van der Waals surface area (Å²) in [5.41, 5.74) is 0.493. The molecule has 0 spiro atoms. The molecule has 3 N–H and O–H groups in total. The first kappa shape index (κ1) is 21.0. The third kappa shape index (κ3) is 5.62. The Kier molecular flexibility index (Phi) is 6.30. The summed E-state index contributed by atoms with van der Waals surface area (Å²) < 4.78 is 42.4. The molecule has 0 aliphatic carbocycles. The highest BCUT2D eigenvalue weighted by Gasteiger charge is 2.33. The summed E-state index contributed by atoms with van der Waals surface area (Å²) in [5, 5.41) is 13.1. The van der Waals surface area contributed by atoms with Gasteiger partial charge in [-0.15, -0.1) is 5.10 Å². The summed E-state index contributed by atoms with van der Waals surface area (Å²) in [6.45, 7) is 0. The van der Waals surface area contributed by atoms with Crippen LogP contribution in [0.4, 0.5) is 30.2 Å². The predicted octanol–water partition coefficient (Wildman–Crippen LogP) is 5.27. The number of aromatic nitrogens is 2. The maximum absolute atomic E-state index is 12.9. The molecule has 0 aliphatic heterocycles. The number of alkyl halides is 3. The Hall–Kier alpha value is -2.76. The Bertz CT molecular complexity index is 1030. The van der Waals surface area contributed by atoms with Gasteiger partial charge in [0.2, 0.25) is 0 Å². The lowest BCUT2D eigenvalue weighted by molar-refractivity contribution is -0.137. The van der Waals surface area contributed by atoms with Crippen LogP contribution in [0.5, 0.6) is 0 Å². The minimum atomic E-state index is -4.57. The molecule has 150 valence electrons. The average Bonchev–Trinajstić information content (AvgIpc) is 3.19. The van der Waals surface area contributed by atoms with E-state index in [-0.39, 0.29) is 22.4 Å². The topological polar surface area (TPSA) is 78.9 Å². The summed E-state index contributed by atoms with van der Waals surface area (Å²) in [6, 6.07) is 9.96. The van der Waals surface area contributed by atoms with E-state index >= 15 is 0 Å². The van der Waals surface area contributed by atoms with Gasteiger partial charge in [0.25, 0.3) is 5.91 Å². The van der Waals surface area contributed by atoms with Crippen molar-refractivity contribution in [1.29, 1.82) is 0 Å². The SMILES string of the molecule is O=C(Nc1ccc(NC(=S)Nc2ccc(Cl)c(C(F)(F)F)c2)cc1)c1csnn1. The van der Waals surface area contributed by atoms with Crippen LogP contribution in [0.2, 0.25) is 5.02 Å². The number of hydrogen-bond acceptors (Lipinski definition) is 5. The fourth-order valence-corrected chi connectivity index (χ4v) is 3.11. The van der Waals surface area contributed by atoms with Gasteiger partial charge in [-0.3, -0.25) is 4.79 Å². The van der Waals surface area contributed by atoms with E-state index in [0.717, 1.165) is 23.7 Å². The van der Waals surface area contributed by atoms with E-state index in [1.165, 1.54) is 11.4 Å². The number of nitrogens with zero attached hydrogens (tertiary/aromatic N) is 2. The lowest BCUT2D eigenvalue weighted by Gasteiger charge is -2.14. The number of carbonyl (C=O) groups is 1. The highest BCUT2D eigenvalue weighted by atomic mass is 35.5. The van der Waals surface area contributed by atoms with Crippen molar-refractivity contribution in [3.05, 3.63) is 64.1 Å². The molecule has 0 unspecified atom stereocenters. The number of nitrogens with one attached hydrogen (secondary N) is 3. The monoisotopic (exact) mass is 457 g/mol. The van der Waals surface area contributed by atoms with Gasteiger partial charge in [0, 0.05) is 22.4 Å². The zero-order valence-corrected chi connectivity index (χ0v) is 16.6. The number of benzene rings is 2. The number of hydrogen-bond donors (Lipinski definition) is 3. The van der Waals surface area contributed by atoms with Gasteiger partial charge in [0.1, 0.15) is 0 Å². The summed E-state index contributed by atoms with van der Waals surface area (Å²) >= 11 is 11.8. The first-order valence-electron chi connectivity index (χ1n) is 7.85. The number of anilines is 3. The number of amides is 1. The minimum absolute atomic E-state index is 0.0887. The van der Waals surface area contributed by atoms with E-state index < -0.39 is 16.8 Å². The molecule has 2 aromatic carbocycles. The summed E-state index contributed by atoms with van der Waals surface area (Å²) in [4.78, 5) is 11.9. The molecule has 1 aromatic heterocycles. The molecule has 0 atom stereocenters. The Morgan fingerprint density at radius 2 is 1.59 bits per heavy atom. The van der Waals surface area contributed by atoms with Crippen LogP contribution in [0.15, 0.2) is 47.8 Å². The number of carbonyl (C=O) groups excluding carboxylic acids is 1. The standard InChI is InChI=1S/C17H11ClF3N5OS2/c18-13-6-5-11(7-12(13)17(19,20)21)24-16(28)23-10-3-1-9(2-4-10)22-15(27)14-8-29-26-25-14/h1-8H,(H,22,27)(H2,23,24,28). The van der Waals surface area contributed by atoms with Crippen molar-refractivity contribution >= 4 is 63.4 Å². The average molecular weight is 458 g/mol. The second kappa shape index (κ2) is 8.72. The van der Waals surface area contributed by atoms with E-state index in [1.54, 1.807) is 24.3 Å². The molecule has 12 heteroatoms. The van der Waals surface area contributed by atoms with Crippen LogP contribution in [-0.2, 0) is 6.18 Å². The van der Waals surface area contributed by atoms with Crippen LogP contribution in [0, 0.1) is 0 Å². The van der Waals surface area contributed by atoms with Gasteiger partial charge in [-0.1, -0.05) is 16.1 Å². The van der Waals surface area contributed by atoms with E-state index in [9.17, 15) is 18.0 Å². The molecule has 3 aromatic rings. The third-order valence-electron chi connectivity index (χ3n) is 3.52. The molecule has 0 aliphatic rings. The normalized spacial score (nSPS) is 11.0. The molecular weight excluding hydrogens is 447 g/mol. The smallest absolute Gasteiger partial charge is 0.332 e. The minimum Gasteiger partial charge on any atom is -0.332 e. The second-order valence-electron chi connectivity index (χ2n) is 5.59. The highest BCUT2D eigenvalue weighted by Crippen LogP contribution is 2.36. The van der Waals surface area contributed by atoms with E-state index in [0.29, 0.717) is 11.4 Å². The fraction of sp³-hybridized carbons (Fsp3) is 0.0588. The van der Waals surface area contributed by atoms with Crippen LogP contribution in [-0.4, -0.2) is 20.6 Å². The Labute approximate surface area is 177 Å². The molecule has 3 rings (SSSR count). The number of rotatable bonds is 4. The molecule has 0 saturated heterocycles. The molecule has 0 radical (unpaired) electrons. The zero-order chi connectivity index (χ0) is 21.0. The summed E-state index contributed by atoms with van der Waals surface area (Å²) in [7, 11) is 0. The number of halogens is 4. The van der Waals surface area contributed by atoms with Gasteiger partial charge >= 0.3 is 6.18 Å². The van der Waals surface area contributed by atoms with Crippen LogP contribution >= 0.6 is 35.4 Å². The van der Waals surface area contributed by atoms with Crippen LogP contribution in [0.1, 0.15) is 16.1 Å². The van der Waals surface area contributed by atoms with Gasteiger partial charge in [0.05, 0.1) is 10.6 Å². The molecule has 6 nitrogen and oxygen atoms in total. The largest absolute Gasteiger partial charge is 0.417 e. The summed E-state index contributed by atoms with van der Waals surface area (Å²) in [5.74, 6) is -0.389. The molecule has 0 bridgehead atoms. The fourth-order valence-electron chi connectivity index (χ4n) is 2.21. The van der Waals surface area contributed by atoms with Gasteiger partial charge in [-0.05, 0) is 66.2 Å². The van der Waals surface area contributed by atoms with Crippen molar-refractivity contribution in [2.24, 2.45) is 0 Å². The quantitative estimate of drug-likeness (QED) is 0.463. The van der Waals surface area contributed by atoms with Crippen LogP contribution < -0.4 is 16.0 Å². The van der Waals surface area contributed by atoms with Gasteiger partial charge in [-0.2, -0.15) is 13.2 Å². The molecule has 0 fully saturated rings. The molecule has 29 heavy (non-hydrogen) atoms. The van der Waals surface area contributed by atoms with Crippen molar-refractivity contribution in [3.63, 3.8) is 0 Å². The van der Waals surface area contributed by atoms with Crippen molar-refractivity contribution in [1.82, 2.24) is 9.59 Å². The van der Waals surface area contributed by atoms with E-state index in [1.807, 2.05) is 0 Å².